The molecule has 2 aliphatic rings. The number of nitrogen functional groups attached to an aromatic ring is 2. The van der Waals surface area contributed by atoms with Crippen LogP contribution in [0.25, 0.3) is 22.1 Å². The second-order valence-electron chi connectivity index (χ2n) is 10.7. The van der Waals surface area contributed by atoms with E-state index in [-0.39, 0.29) is 17.3 Å². The zero-order valence-electron chi connectivity index (χ0n) is 23.7. The lowest BCUT2D eigenvalue weighted by molar-refractivity contribution is -0.168. The van der Waals surface area contributed by atoms with E-state index in [9.17, 15) is 40.3 Å². The molecule has 22 heteroatoms. The van der Waals surface area contributed by atoms with E-state index in [1.54, 1.807) is 18.3 Å². The number of rotatable bonds is 8. The third-order valence-corrected chi connectivity index (χ3v) is 8.22. The van der Waals surface area contributed by atoms with E-state index < -0.39 is 82.0 Å². The second-order valence-corrected chi connectivity index (χ2v) is 12.2. The lowest BCUT2D eigenvalue weighted by atomic mass is 9.95. The minimum absolute atomic E-state index is 0.184. The van der Waals surface area contributed by atoms with Gasteiger partial charge in [-0.25, -0.2) is 19.9 Å². The van der Waals surface area contributed by atoms with Crippen molar-refractivity contribution in [3.8, 4) is 0 Å². The van der Waals surface area contributed by atoms with E-state index in [2.05, 4.69) is 19.9 Å². The number of ether oxygens (including phenoxy) is 3. The Morgan fingerprint density at radius 2 is 1.30 bits per heavy atom. The van der Waals surface area contributed by atoms with Gasteiger partial charge in [0.25, 0.3) is 0 Å². The zero-order chi connectivity index (χ0) is 33.6. The largest absolute Gasteiger partial charge is 0.394 e. The molecule has 8 atom stereocenters. The predicted molar refractivity (Wildman–Crippen MR) is 153 cm³/mol. The molecule has 252 valence electrons. The van der Waals surface area contributed by atoms with Gasteiger partial charge in [-0.2, -0.15) is 0 Å². The number of nitrogens with zero attached hydrogens (tertiary/aromatic N) is 6. The lowest BCUT2D eigenvalue weighted by Crippen LogP contribution is -2.49. The number of nitrogens with two attached hydrogens (primary N) is 2. The molecule has 21 nitrogen and oxygen atoms in total. The lowest BCUT2D eigenvalue weighted by Gasteiger charge is -2.29. The molecule has 6 rings (SSSR count). The minimum atomic E-state index is -4.52. The summed E-state index contributed by atoms with van der Waals surface area (Å²) in [5.74, 6) is 0.452. The van der Waals surface area contributed by atoms with E-state index in [4.69, 9.17) is 35.5 Å². The molecular weight excluding hydrogens is 639 g/mol. The summed E-state index contributed by atoms with van der Waals surface area (Å²) < 4.78 is 29.4. The molecule has 4 aromatic rings. The Kier molecular flexibility index (Phi) is 9.34. The van der Waals surface area contributed by atoms with Crippen molar-refractivity contribution in [1.82, 2.24) is 29.1 Å². The van der Waals surface area contributed by atoms with Crippen molar-refractivity contribution in [1.29, 1.82) is 0 Å². The van der Waals surface area contributed by atoms with Crippen molar-refractivity contribution in [2.75, 3.05) is 37.6 Å². The molecule has 4 aromatic heterocycles. The Morgan fingerprint density at radius 1 is 0.826 bits per heavy atom. The SMILES string of the molecule is Nc1ncnc2c1ccn2[C@@H]1O[C@H](CO)C(O)[C@]1(O)CO.Nc1ncnc2c1ccn2[C@@H]1O[C@H](OCP(=O)(O)O)C(O)[C@]1(O)CO. The van der Waals surface area contributed by atoms with Crippen molar-refractivity contribution < 1.29 is 64.3 Å². The van der Waals surface area contributed by atoms with Gasteiger partial charge in [-0.05, 0) is 12.1 Å². The van der Waals surface area contributed by atoms with E-state index in [1.165, 1.54) is 28.0 Å². The maximum Gasteiger partial charge on any atom is 0.351 e. The maximum absolute atomic E-state index is 10.9. The Balaban J connectivity index is 0.000000184. The average Bonchev–Trinajstić information content (AvgIpc) is 3.77. The third-order valence-electron chi connectivity index (χ3n) is 7.74. The number of anilines is 2. The normalized spacial score (nSPS) is 31.4. The molecule has 2 unspecified atom stereocenters. The molecule has 0 amide bonds. The molecule has 0 saturated carbocycles. The van der Waals surface area contributed by atoms with Crippen LogP contribution in [0.2, 0.25) is 0 Å². The van der Waals surface area contributed by atoms with Crippen molar-refractivity contribution in [3.05, 3.63) is 37.2 Å². The van der Waals surface area contributed by atoms with Crippen LogP contribution in [-0.4, -0.2) is 137 Å². The Labute approximate surface area is 258 Å². The fourth-order valence-corrected chi connectivity index (χ4v) is 5.63. The second kappa shape index (κ2) is 12.7. The number of aliphatic hydroxyl groups excluding tert-OH is 5. The van der Waals surface area contributed by atoms with Crippen LogP contribution in [0.5, 0.6) is 0 Å². The molecule has 2 aliphatic heterocycles. The Hall–Kier alpha value is -3.41. The Morgan fingerprint density at radius 3 is 1.76 bits per heavy atom. The van der Waals surface area contributed by atoms with E-state index in [0.717, 1.165) is 0 Å². The quantitative estimate of drug-likeness (QED) is 0.0796. The maximum atomic E-state index is 10.9. The van der Waals surface area contributed by atoms with Gasteiger partial charge in [0, 0.05) is 12.4 Å². The molecule has 0 aromatic carbocycles. The van der Waals surface area contributed by atoms with E-state index in [0.29, 0.717) is 16.4 Å². The monoisotopic (exact) mass is 672 g/mol. The summed E-state index contributed by atoms with van der Waals surface area (Å²) in [7, 11) is -4.52. The average molecular weight is 673 g/mol. The molecule has 0 radical (unpaired) electrons. The highest BCUT2D eigenvalue weighted by Crippen LogP contribution is 2.43. The van der Waals surface area contributed by atoms with Gasteiger partial charge in [0.15, 0.2) is 36.3 Å². The highest BCUT2D eigenvalue weighted by Gasteiger charge is 2.58. The first-order valence-electron chi connectivity index (χ1n) is 13.4. The molecular formula is C24H33N8O13P. The summed E-state index contributed by atoms with van der Waals surface area (Å²) in [5.41, 5.74) is 7.99. The predicted octanol–water partition coefficient (Wildman–Crippen LogP) is -3.91. The number of hydrogen-bond donors (Lipinski definition) is 11. The van der Waals surface area contributed by atoms with Gasteiger partial charge in [-0.15, -0.1) is 0 Å². The first-order chi connectivity index (χ1) is 21.7. The van der Waals surface area contributed by atoms with Crippen LogP contribution in [0.3, 0.4) is 0 Å². The third kappa shape index (κ3) is 5.82. The van der Waals surface area contributed by atoms with E-state index in [1.807, 2.05) is 0 Å². The molecule has 0 aliphatic carbocycles. The number of aromatic nitrogens is 6. The molecule has 2 fully saturated rings. The number of aliphatic hydroxyl groups is 7. The standard InChI is InChI=1S/C12H17N4O8P.C12H16N4O5/c13-8-6-1-2-16(9(6)15-4-14-8)11-12(19,3-17)7(18)10(24-11)23-5-25(20,21)22;13-9-6-1-2-16(10(6)15-5-14-9)11-12(20,4-18)8(19)7(3-17)21-11/h1-2,4,7,10-11,17-19H,3,5H2,(H2,13,14,15)(H2,20,21,22);1-2,5,7-8,11,17-20H,3-4H2,(H2,13,14,15)/t7?,10-,11+,12+;7-,8?,11-,12-/m01/s1. The molecule has 0 bridgehead atoms. The van der Waals surface area contributed by atoms with Crippen LogP contribution in [0.1, 0.15) is 12.5 Å². The fourth-order valence-electron chi connectivity index (χ4n) is 5.29. The van der Waals surface area contributed by atoms with Crippen molar-refractivity contribution in [2.45, 2.75) is 48.3 Å². The van der Waals surface area contributed by atoms with Crippen molar-refractivity contribution in [2.24, 2.45) is 0 Å². The van der Waals surface area contributed by atoms with Crippen molar-refractivity contribution >= 4 is 41.3 Å². The van der Waals surface area contributed by atoms with Gasteiger partial charge in [-0.3, -0.25) is 4.57 Å². The van der Waals surface area contributed by atoms with Crippen LogP contribution < -0.4 is 11.5 Å². The first-order valence-corrected chi connectivity index (χ1v) is 15.2. The smallest absolute Gasteiger partial charge is 0.351 e. The van der Waals surface area contributed by atoms with Crippen LogP contribution in [0.15, 0.2) is 37.2 Å². The van der Waals surface area contributed by atoms with Crippen molar-refractivity contribution in [3.63, 3.8) is 0 Å². The van der Waals surface area contributed by atoms with Gasteiger partial charge in [-0.1, -0.05) is 0 Å². The fraction of sp³-hybridized carbons (Fsp3) is 0.500. The van der Waals surface area contributed by atoms with Gasteiger partial charge < -0.3 is 80.3 Å². The van der Waals surface area contributed by atoms with Crippen LogP contribution in [-0.2, 0) is 18.8 Å². The van der Waals surface area contributed by atoms with Gasteiger partial charge >= 0.3 is 7.60 Å². The van der Waals surface area contributed by atoms with Crippen LogP contribution >= 0.6 is 7.60 Å². The van der Waals surface area contributed by atoms with E-state index >= 15 is 0 Å². The zero-order valence-corrected chi connectivity index (χ0v) is 24.6. The summed E-state index contributed by atoms with van der Waals surface area (Å²) >= 11 is 0. The topological polar surface area (TPSA) is 340 Å². The van der Waals surface area contributed by atoms with Crippen LogP contribution in [0, 0.1) is 0 Å². The minimum Gasteiger partial charge on any atom is -0.394 e. The molecule has 6 heterocycles. The summed E-state index contributed by atoms with van der Waals surface area (Å²) in [6, 6.07) is 3.20. The summed E-state index contributed by atoms with van der Waals surface area (Å²) in [6.45, 7) is -2.14. The molecule has 13 N–H and O–H groups in total. The summed E-state index contributed by atoms with van der Waals surface area (Å²) in [5, 5.41) is 70.6. The number of hydrogen-bond acceptors (Lipinski definition) is 17. The number of fused-ring (bicyclic) bond motifs is 2. The van der Waals surface area contributed by atoms with Gasteiger partial charge in [0.2, 0.25) is 0 Å². The van der Waals surface area contributed by atoms with Crippen LogP contribution in [0.4, 0.5) is 11.6 Å². The highest BCUT2D eigenvalue weighted by atomic mass is 31.2. The Bertz CT molecular complexity index is 1740. The summed E-state index contributed by atoms with van der Waals surface area (Å²) in [6.07, 6.45) is -3.80. The highest BCUT2D eigenvalue weighted by molar-refractivity contribution is 7.51. The first kappa shape index (κ1) is 33.9. The van der Waals surface area contributed by atoms with Gasteiger partial charge in [0.05, 0.1) is 30.6 Å². The molecule has 0 spiro atoms. The summed E-state index contributed by atoms with van der Waals surface area (Å²) in [4.78, 5) is 33.6. The molecule has 2 saturated heterocycles. The molecule has 46 heavy (non-hydrogen) atoms. The van der Waals surface area contributed by atoms with Gasteiger partial charge in [0.1, 0.15) is 53.9 Å².